The maximum atomic E-state index is 5.89. The Morgan fingerprint density at radius 2 is 2.00 bits per heavy atom. The van der Waals surface area contributed by atoms with Gasteiger partial charge in [0.2, 0.25) is 5.95 Å². The number of hydrogen-bond donors (Lipinski definition) is 2. The highest BCUT2D eigenvalue weighted by Crippen LogP contribution is 2.26. The number of allylic oxidation sites excluding steroid dienone is 2. The first kappa shape index (κ1) is 14.6. The molecule has 0 amide bonds. The summed E-state index contributed by atoms with van der Waals surface area (Å²) >= 11 is 0. The van der Waals surface area contributed by atoms with Crippen LogP contribution in [-0.2, 0) is 0 Å². The molecule has 20 heavy (non-hydrogen) atoms. The van der Waals surface area contributed by atoms with Gasteiger partial charge in [-0.05, 0) is 51.0 Å². The van der Waals surface area contributed by atoms with Crippen LogP contribution >= 0.6 is 0 Å². The van der Waals surface area contributed by atoms with Crippen LogP contribution in [0.3, 0.4) is 0 Å². The minimum atomic E-state index is 0.400. The summed E-state index contributed by atoms with van der Waals surface area (Å²) in [5, 5.41) is 7.82. The summed E-state index contributed by atoms with van der Waals surface area (Å²) in [6, 6.07) is 0.471. The van der Waals surface area contributed by atoms with E-state index < -0.39 is 0 Å². The summed E-state index contributed by atoms with van der Waals surface area (Å²) in [6.45, 7) is 10.4. The van der Waals surface area contributed by atoms with Crippen LogP contribution in [0.5, 0.6) is 0 Å². The fourth-order valence-corrected chi connectivity index (χ4v) is 2.55. The summed E-state index contributed by atoms with van der Waals surface area (Å²) in [5.74, 6) is 2.14. The van der Waals surface area contributed by atoms with Gasteiger partial charge in [-0.1, -0.05) is 19.1 Å². The molecule has 0 spiro atoms. The van der Waals surface area contributed by atoms with Crippen molar-refractivity contribution in [2.24, 2.45) is 5.92 Å². The summed E-state index contributed by atoms with van der Waals surface area (Å²) in [4.78, 5) is 4.01. The van der Waals surface area contributed by atoms with Crippen LogP contribution < -0.4 is 11.1 Å². The van der Waals surface area contributed by atoms with E-state index in [0.29, 0.717) is 12.0 Å². The van der Waals surface area contributed by atoms with Gasteiger partial charge in [-0.15, -0.1) is 0 Å². The molecule has 1 heterocycles. The molecular formula is C15H25N5. The summed E-state index contributed by atoms with van der Waals surface area (Å²) in [6.07, 6.45) is 6.38. The molecule has 1 fully saturated rings. The van der Waals surface area contributed by atoms with Crippen molar-refractivity contribution in [2.45, 2.75) is 52.5 Å². The van der Waals surface area contributed by atoms with Gasteiger partial charge in [-0.3, -0.25) is 0 Å². The van der Waals surface area contributed by atoms with Gasteiger partial charge in [0, 0.05) is 6.04 Å². The fraction of sp³-hybridized carbons (Fsp3) is 0.600. The van der Waals surface area contributed by atoms with Crippen LogP contribution in [0.25, 0.3) is 5.82 Å². The first-order valence-electron chi connectivity index (χ1n) is 7.28. The second-order valence-electron chi connectivity index (χ2n) is 5.89. The van der Waals surface area contributed by atoms with Crippen LogP contribution in [0.4, 0.5) is 5.95 Å². The van der Waals surface area contributed by atoms with E-state index in [-0.39, 0.29) is 0 Å². The van der Waals surface area contributed by atoms with Gasteiger partial charge in [-0.2, -0.15) is 14.8 Å². The van der Waals surface area contributed by atoms with Gasteiger partial charge < -0.3 is 11.1 Å². The minimum absolute atomic E-state index is 0.400. The molecular weight excluding hydrogens is 250 g/mol. The van der Waals surface area contributed by atoms with Crippen LogP contribution in [0.2, 0.25) is 0 Å². The molecule has 1 saturated carbocycles. The molecule has 3 N–H and O–H groups in total. The summed E-state index contributed by atoms with van der Waals surface area (Å²) in [5.41, 5.74) is 7.97. The van der Waals surface area contributed by atoms with Crippen LogP contribution in [-0.4, -0.2) is 20.8 Å². The minimum Gasteiger partial charge on any atom is -0.368 e. The van der Waals surface area contributed by atoms with E-state index >= 15 is 0 Å². The highest BCUT2D eigenvalue weighted by Gasteiger charge is 2.21. The molecule has 0 atom stereocenters. The molecule has 2 rings (SSSR count). The van der Waals surface area contributed by atoms with Crippen LogP contribution in [0, 0.1) is 5.92 Å². The van der Waals surface area contributed by atoms with Gasteiger partial charge in [0.1, 0.15) is 12.1 Å². The summed E-state index contributed by atoms with van der Waals surface area (Å²) < 4.78 is 1.67. The maximum Gasteiger partial charge on any atom is 0.224 e. The molecule has 5 heteroatoms. The lowest BCUT2D eigenvalue weighted by molar-refractivity contribution is 0.325. The topological polar surface area (TPSA) is 68.8 Å². The van der Waals surface area contributed by atoms with Gasteiger partial charge in [0.25, 0.3) is 0 Å². The van der Waals surface area contributed by atoms with Gasteiger partial charge in [0.05, 0.1) is 0 Å². The molecule has 1 aliphatic rings. The van der Waals surface area contributed by atoms with Crippen LogP contribution in [0.1, 0.15) is 46.5 Å². The fourth-order valence-electron chi connectivity index (χ4n) is 2.55. The van der Waals surface area contributed by atoms with Crippen molar-refractivity contribution in [2.75, 3.05) is 5.73 Å². The van der Waals surface area contributed by atoms with Crippen molar-refractivity contribution in [1.29, 1.82) is 0 Å². The highest BCUT2D eigenvalue weighted by atomic mass is 15.4. The monoisotopic (exact) mass is 275 g/mol. The number of hydrogen-bond acceptors (Lipinski definition) is 4. The van der Waals surface area contributed by atoms with Crippen molar-refractivity contribution in [3.05, 3.63) is 24.1 Å². The normalized spacial score (nSPS) is 24.1. The van der Waals surface area contributed by atoms with Crippen molar-refractivity contribution in [1.82, 2.24) is 20.1 Å². The zero-order valence-electron chi connectivity index (χ0n) is 12.7. The highest BCUT2D eigenvalue weighted by molar-refractivity contribution is 5.56. The third-order valence-corrected chi connectivity index (χ3v) is 4.14. The first-order chi connectivity index (χ1) is 9.49. The molecule has 0 bridgehead atoms. The molecule has 1 aliphatic carbocycles. The van der Waals surface area contributed by atoms with Gasteiger partial charge in [0.15, 0.2) is 0 Å². The molecule has 1 aromatic heterocycles. The van der Waals surface area contributed by atoms with Gasteiger partial charge in [-0.25, -0.2) is 0 Å². The van der Waals surface area contributed by atoms with E-state index in [9.17, 15) is 0 Å². The molecule has 0 aliphatic heterocycles. The third kappa shape index (κ3) is 3.21. The van der Waals surface area contributed by atoms with E-state index in [1.807, 2.05) is 13.8 Å². The average molecular weight is 275 g/mol. The van der Waals surface area contributed by atoms with Crippen LogP contribution in [0.15, 0.2) is 24.1 Å². The lowest BCUT2D eigenvalue weighted by atomic mass is 9.87. The molecule has 0 saturated heterocycles. The third-order valence-electron chi connectivity index (χ3n) is 4.14. The van der Waals surface area contributed by atoms with E-state index in [1.165, 1.54) is 32.0 Å². The Labute approximate surface area is 121 Å². The Morgan fingerprint density at radius 1 is 1.35 bits per heavy atom. The zero-order chi connectivity index (χ0) is 14.7. The number of nitrogens with zero attached hydrogens (tertiary/aromatic N) is 3. The number of anilines is 1. The second-order valence-corrected chi connectivity index (χ2v) is 5.89. The predicted octanol–water partition coefficient (Wildman–Crippen LogP) is 2.79. The van der Waals surface area contributed by atoms with Crippen molar-refractivity contribution in [3.8, 4) is 0 Å². The second kappa shape index (κ2) is 6.11. The Hall–Kier alpha value is -1.78. The SMILES string of the molecule is C=C(C)/C(C)=C(/NC1CCC(C)CC1)n1ncnc1N. The van der Waals surface area contributed by atoms with E-state index in [2.05, 4.69) is 28.9 Å². The Morgan fingerprint density at radius 3 is 2.50 bits per heavy atom. The largest absolute Gasteiger partial charge is 0.368 e. The number of nitrogen functional groups attached to an aromatic ring is 1. The molecule has 0 aromatic carbocycles. The smallest absolute Gasteiger partial charge is 0.224 e. The van der Waals surface area contributed by atoms with Gasteiger partial charge >= 0.3 is 0 Å². The first-order valence-corrected chi connectivity index (χ1v) is 7.28. The maximum absolute atomic E-state index is 5.89. The standard InChI is InChI=1S/C15H25N5/c1-10(2)12(4)14(20-15(16)17-9-18-20)19-13-7-5-11(3)6-8-13/h9,11,13,19H,1,5-8H2,2-4H3,(H2,16,17,18)/b14-12-. The summed E-state index contributed by atoms with van der Waals surface area (Å²) in [7, 11) is 0. The lowest BCUT2D eigenvalue weighted by Crippen LogP contribution is -2.34. The molecule has 0 radical (unpaired) electrons. The predicted molar refractivity (Wildman–Crippen MR) is 82.7 cm³/mol. The Kier molecular flexibility index (Phi) is 4.47. The molecule has 0 unspecified atom stereocenters. The molecule has 110 valence electrons. The van der Waals surface area contributed by atoms with E-state index in [0.717, 1.165) is 22.9 Å². The van der Waals surface area contributed by atoms with Crippen molar-refractivity contribution >= 4 is 11.8 Å². The number of aromatic nitrogens is 3. The number of nitrogens with one attached hydrogen (secondary N) is 1. The Bertz CT molecular complexity index is 506. The number of nitrogens with two attached hydrogens (primary N) is 1. The van der Waals surface area contributed by atoms with E-state index in [4.69, 9.17) is 5.73 Å². The Balaban J connectivity index is 2.23. The number of rotatable bonds is 4. The lowest BCUT2D eigenvalue weighted by Gasteiger charge is -2.29. The van der Waals surface area contributed by atoms with Crippen molar-refractivity contribution < 1.29 is 0 Å². The molecule has 5 nitrogen and oxygen atoms in total. The average Bonchev–Trinajstić information content (AvgIpc) is 2.83. The van der Waals surface area contributed by atoms with Crippen molar-refractivity contribution in [3.63, 3.8) is 0 Å². The quantitative estimate of drug-likeness (QED) is 0.829. The molecule has 1 aromatic rings. The zero-order valence-corrected chi connectivity index (χ0v) is 12.7. The van der Waals surface area contributed by atoms with E-state index in [1.54, 1.807) is 4.68 Å².